The van der Waals surface area contributed by atoms with Crippen LogP contribution in [0.1, 0.15) is 17.4 Å². The van der Waals surface area contributed by atoms with Crippen molar-refractivity contribution in [3.05, 3.63) is 34.7 Å². The van der Waals surface area contributed by atoms with E-state index in [1.54, 1.807) is 6.92 Å². The molecule has 0 saturated heterocycles. The lowest BCUT2D eigenvalue weighted by Crippen LogP contribution is -2.23. The van der Waals surface area contributed by atoms with Crippen LogP contribution in [0, 0.1) is 10.1 Å². The largest absolute Gasteiger partial charge is 0.320 e. The number of nitro groups is 1. The second kappa shape index (κ2) is 4.61. The number of aryl methyl sites for hydroxylation is 1. The standard InChI is InChI=1S/C8H9N7O3/c1-2-13-3-6(15(17)18)7(11-13)8(16)12-14-4-9-10-5-14/h3-5H,2H2,1H3,(H,12,16). The van der Waals surface area contributed by atoms with Gasteiger partial charge in [-0.05, 0) is 6.92 Å². The number of amides is 1. The van der Waals surface area contributed by atoms with Crippen molar-refractivity contribution in [3.63, 3.8) is 0 Å². The highest BCUT2D eigenvalue weighted by Crippen LogP contribution is 2.16. The first-order chi connectivity index (χ1) is 8.61. The van der Waals surface area contributed by atoms with Crippen molar-refractivity contribution in [2.45, 2.75) is 13.5 Å². The SMILES string of the molecule is CCn1cc([N+](=O)[O-])c(C(=O)Nn2cnnc2)n1. The van der Waals surface area contributed by atoms with Crippen LogP contribution < -0.4 is 5.43 Å². The van der Waals surface area contributed by atoms with Gasteiger partial charge in [0.1, 0.15) is 18.9 Å². The molecule has 2 aromatic rings. The molecule has 2 rings (SSSR count). The Balaban J connectivity index is 2.29. The normalized spacial score (nSPS) is 10.3. The summed E-state index contributed by atoms with van der Waals surface area (Å²) in [4.78, 5) is 21.9. The summed E-state index contributed by atoms with van der Waals surface area (Å²) in [6.07, 6.45) is 3.71. The van der Waals surface area contributed by atoms with Crippen molar-refractivity contribution < 1.29 is 9.72 Å². The van der Waals surface area contributed by atoms with Crippen LogP contribution in [-0.2, 0) is 6.54 Å². The predicted octanol–water partition coefficient (Wildman–Crippen LogP) is -0.213. The lowest BCUT2D eigenvalue weighted by molar-refractivity contribution is -0.385. The summed E-state index contributed by atoms with van der Waals surface area (Å²) >= 11 is 0. The van der Waals surface area contributed by atoms with E-state index in [9.17, 15) is 14.9 Å². The number of rotatable bonds is 4. The average Bonchev–Trinajstić information content (AvgIpc) is 2.96. The Morgan fingerprint density at radius 3 is 2.72 bits per heavy atom. The minimum Gasteiger partial charge on any atom is -0.265 e. The second-order valence-electron chi connectivity index (χ2n) is 3.29. The number of aromatic nitrogens is 5. The van der Waals surface area contributed by atoms with Crippen LogP contribution >= 0.6 is 0 Å². The first-order valence-corrected chi connectivity index (χ1v) is 4.99. The summed E-state index contributed by atoms with van der Waals surface area (Å²) in [6.45, 7) is 2.19. The maximum absolute atomic E-state index is 11.8. The molecule has 0 aliphatic carbocycles. The summed E-state index contributed by atoms with van der Waals surface area (Å²) in [5.74, 6) is -0.700. The third kappa shape index (κ3) is 2.16. The lowest BCUT2D eigenvalue weighted by Gasteiger charge is -2.01. The second-order valence-corrected chi connectivity index (χ2v) is 3.29. The quantitative estimate of drug-likeness (QED) is 0.592. The highest BCUT2D eigenvalue weighted by molar-refractivity contribution is 6.01. The van der Waals surface area contributed by atoms with Crippen molar-refractivity contribution in [2.24, 2.45) is 0 Å². The minimum atomic E-state index is -0.700. The molecule has 0 unspecified atom stereocenters. The number of carbonyl (C=O) groups excluding carboxylic acids is 1. The first-order valence-electron chi connectivity index (χ1n) is 4.99. The molecule has 10 nitrogen and oxygen atoms in total. The van der Waals surface area contributed by atoms with E-state index in [0.717, 1.165) is 0 Å². The molecular weight excluding hydrogens is 242 g/mol. The zero-order valence-electron chi connectivity index (χ0n) is 9.35. The van der Waals surface area contributed by atoms with Gasteiger partial charge in [0.05, 0.1) is 4.92 Å². The van der Waals surface area contributed by atoms with Crippen LogP contribution in [0.2, 0.25) is 0 Å². The van der Waals surface area contributed by atoms with Gasteiger partial charge in [-0.15, -0.1) is 10.2 Å². The third-order valence-electron chi connectivity index (χ3n) is 2.13. The molecule has 2 heterocycles. The molecular formula is C8H9N7O3. The fraction of sp³-hybridized carbons (Fsp3) is 0.250. The fourth-order valence-corrected chi connectivity index (χ4v) is 1.30. The van der Waals surface area contributed by atoms with Gasteiger partial charge in [0.25, 0.3) is 5.91 Å². The predicted molar refractivity (Wildman–Crippen MR) is 58.3 cm³/mol. The molecule has 1 amide bonds. The topological polar surface area (TPSA) is 121 Å². The average molecular weight is 251 g/mol. The molecule has 0 aliphatic rings. The van der Waals surface area contributed by atoms with Crippen molar-refractivity contribution >= 4 is 11.6 Å². The Morgan fingerprint density at radius 1 is 1.50 bits per heavy atom. The number of hydrogen-bond donors (Lipinski definition) is 1. The summed E-state index contributed by atoms with van der Waals surface area (Å²) < 4.78 is 2.50. The minimum absolute atomic E-state index is 0.254. The molecule has 0 bridgehead atoms. The maximum Gasteiger partial charge on any atom is 0.320 e. The summed E-state index contributed by atoms with van der Waals surface area (Å²) in [7, 11) is 0. The zero-order chi connectivity index (χ0) is 13.1. The highest BCUT2D eigenvalue weighted by Gasteiger charge is 2.25. The Labute approximate surface area is 100 Å². The fourth-order valence-electron chi connectivity index (χ4n) is 1.30. The molecule has 0 fully saturated rings. The van der Waals surface area contributed by atoms with Crippen LogP contribution in [0.5, 0.6) is 0 Å². The monoisotopic (exact) mass is 251 g/mol. The van der Waals surface area contributed by atoms with Gasteiger partial charge in [-0.1, -0.05) is 0 Å². The molecule has 0 radical (unpaired) electrons. The Kier molecular flexibility index (Phi) is 3.00. The smallest absolute Gasteiger partial charge is 0.265 e. The van der Waals surface area contributed by atoms with Crippen molar-refractivity contribution in [3.8, 4) is 0 Å². The Hall–Kier alpha value is -2.78. The number of hydrogen-bond acceptors (Lipinski definition) is 6. The number of nitrogens with zero attached hydrogens (tertiary/aromatic N) is 6. The maximum atomic E-state index is 11.8. The van der Waals surface area contributed by atoms with Gasteiger partial charge in [0.15, 0.2) is 0 Å². The van der Waals surface area contributed by atoms with Crippen LogP contribution in [0.15, 0.2) is 18.9 Å². The summed E-state index contributed by atoms with van der Waals surface area (Å²) in [5.41, 5.74) is 1.74. The molecule has 2 aromatic heterocycles. The van der Waals surface area contributed by atoms with E-state index in [4.69, 9.17) is 0 Å². The van der Waals surface area contributed by atoms with E-state index in [1.807, 2.05) is 0 Å². The summed E-state index contributed by atoms with van der Waals surface area (Å²) in [5, 5.41) is 21.6. The molecule has 18 heavy (non-hydrogen) atoms. The molecule has 0 aliphatic heterocycles. The molecule has 0 spiro atoms. The van der Waals surface area contributed by atoms with E-state index in [-0.39, 0.29) is 11.4 Å². The molecule has 1 N–H and O–H groups in total. The summed E-state index contributed by atoms with van der Waals surface area (Å²) in [6, 6.07) is 0. The van der Waals surface area contributed by atoms with Gasteiger partial charge in [0, 0.05) is 6.54 Å². The number of nitrogens with one attached hydrogen (secondary N) is 1. The molecule has 0 atom stereocenters. The van der Waals surface area contributed by atoms with E-state index in [2.05, 4.69) is 20.7 Å². The van der Waals surface area contributed by atoms with Crippen LogP contribution in [0.3, 0.4) is 0 Å². The van der Waals surface area contributed by atoms with E-state index in [0.29, 0.717) is 6.54 Å². The van der Waals surface area contributed by atoms with Gasteiger partial charge < -0.3 is 0 Å². The number of carbonyl (C=O) groups is 1. The van der Waals surface area contributed by atoms with Crippen molar-refractivity contribution in [1.82, 2.24) is 24.7 Å². The highest BCUT2D eigenvalue weighted by atomic mass is 16.6. The molecule has 0 aromatic carbocycles. The van der Waals surface area contributed by atoms with E-state index < -0.39 is 10.8 Å². The lowest BCUT2D eigenvalue weighted by atomic mass is 10.3. The van der Waals surface area contributed by atoms with E-state index in [1.165, 1.54) is 28.2 Å². The van der Waals surface area contributed by atoms with Crippen LogP contribution in [0.4, 0.5) is 5.69 Å². The first kappa shape index (κ1) is 11.7. The Morgan fingerprint density at radius 2 is 2.17 bits per heavy atom. The molecule has 10 heteroatoms. The van der Waals surface area contributed by atoms with Gasteiger partial charge in [-0.3, -0.25) is 25.0 Å². The zero-order valence-corrected chi connectivity index (χ0v) is 9.35. The van der Waals surface area contributed by atoms with Crippen molar-refractivity contribution in [1.29, 1.82) is 0 Å². The van der Waals surface area contributed by atoms with Gasteiger partial charge >= 0.3 is 5.69 Å². The van der Waals surface area contributed by atoms with E-state index >= 15 is 0 Å². The Bertz CT molecular complexity index is 574. The van der Waals surface area contributed by atoms with Gasteiger partial charge in [-0.25, -0.2) is 4.68 Å². The molecule has 0 saturated carbocycles. The molecule has 94 valence electrons. The van der Waals surface area contributed by atoms with Gasteiger partial charge in [0.2, 0.25) is 5.69 Å². The van der Waals surface area contributed by atoms with Crippen LogP contribution in [0.25, 0.3) is 0 Å². The van der Waals surface area contributed by atoms with Gasteiger partial charge in [-0.2, -0.15) is 5.10 Å². The van der Waals surface area contributed by atoms with Crippen molar-refractivity contribution in [2.75, 3.05) is 5.43 Å². The van der Waals surface area contributed by atoms with Crippen LogP contribution in [-0.4, -0.2) is 35.5 Å². The third-order valence-corrected chi connectivity index (χ3v) is 2.13.